The van der Waals surface area contributed by atoms with E-state index in [0.29, 0.717) is 19.7 Å². The smallest absolute Gasteiger partial charge is 0.146 e. The second kappa shape index (κ2) is 8.18. The summed E-state index contributed by atoms with van der Waals surface area (Å²) in [6, 6.07) is 14.3. The number of rotatable bonds is 5. The fourth-order valence-corrected chi connectivity index (χ4v) is 4.83. The molecule has 0 aliphatic carbocycles. The maximum Gasteiger partial charge on any atom is 0.146 e. The minimum Gasteiger partial charge on any atom is -0.467 e. The molecule has 1 saturated heterocycles. The molecular formula is C23H24N4O2S. The minimum absolute atomic E-state index is 0.102. The number of ether oxygens (including phenoxy) is 1. The van der Waals surface area contributed by atoms with Crippen molar-refractivity contribution in [1.82, 2.24) is 14.9 Å². The third-order valence-electron chi connectivity index (χ3n) is 5.23. The van der Waals surface area contributed by atoms with Crippen LogP contribution in [0.4, 0.5) is 5.82 Å². The molecule has 6 nitrogen and oxygen atoms in total. The van der Waals surface area contributed by atoms with Gasteiger partial charge in [-0.2, -0.15) is 0 Å². The molecule has 0 bridgehead atoms. The lowest BCUT2D eigenvalue weighted by Crippen LogP contribution is -2.39. The monoisotopic (exact) mass is 420 g/mol. The van der Waals surface area contributed by atoms with Gasteiger partial charge in [0.25, 0.3) is 0 Å². The van der Waals surface area contributed by atoms with Crippen molar-refractivity contribution in [3.8, 4) is 11.1 Å². The summed E-state index contributed by atoms with van der Waals surface area (Å²) in [7, 11) is 4.08. The molecule has 1 aliphatic heterocycles. The number of fused-ring (bicyclic) bond motifs is 1. The first-order chi connectivity index (χ1) is 14.7. The van der Waals surface area contributed by atoms with E-state index in [1.54, 1.807) is 17.6 Å². The van der Waals surface area contributed by atoms with E-state index in [-0.39, 0.29) is 6.10 Å². The lowest BCUT2D eigenvalue weighted by Gasteiger charge is -2.33. The topological polar surface area (TPSA) is 54.6 Å². The maximum atomic E-state index is 5.99. The fourth-order valence-electron chi connectivity index (χ4n) is 3.87. The van der Waals surface area contributed by atoms with Crippen molar-refractivity contribution >= 4 is 27.4 Å². The first-order valence-corrected chi connectivity index (χ1v) is 11.0. The normalized spacial score (nSPS) is 17.2. The van der Waals surface area contributed by atoms with Gasteiger partial charge in [-0.05, 0) is 31.8 Å². The summed E-state index contributed by atoms with van der Waals surface area (Å²) in [6.45, 7) is 2.82. The quantitative estimate of drug-likeness (QED) is 0.471. The number of aromatic nitrogens is 2. The van der Waals surface area contributed by atoms with E-state index in [4.69, 9.17) is 19.1 Å². The molecular weight excluding hydrogens is 396 g/mol. The number of hydrogen-bond acceptors (Lipinski definition) is 7. The zero-order valence-corrected chi connectivity index (χ0v) is 17.9. The van der Waals surface area contributed by atoms with E-state index < -0.39 is 0 Å². The molecule has 4 aromatic rings. The molecule has 0 radical (unpaired) electrons. The average Bonchev–Trinajstić information content (AvgIpc) is 3.44. The molecule has 1 fully saturated rings. The van der Waals surface area contributed by atoms with Crippen molar-refractivity contribution in [2.75, 3.05) is 38.7 Å². The Morgan fingerprint density at radius 2 is 2.00 bits per heavy atom. The van der Waals surface area contributed by atoms with Crippen molar-refractivity contribution in [3.05, 3.63) is 65.7 Å². The van der Waals surface area contributed by atoms with Crippen LogP contribution in [0.3, 0.4) is 0 Å². The molecule has 154 valence electrons. The highest BCUT2D eigenvalue weighted by Gasteiger charge is 2.28. The van der Waals surface area contributed by atoms with Gasteiger partial charge in [-0.25, -0.2) is 9.97 Å². The Kier molecular flexibility index (Phi) is 5.25. The van der Waals surface area contributed by atoms with Gasteiger partial charge in [-0.15, -0.1) is 11.3 Å². The van der Waals surface area contributed by atoms with E-state index in [1.165, 1.54) is 11.1 Å². The molecule has 4 heterocycles. The van der Waals surface area contributed by atoms with Crippen LogP contribution in [0.5, 0.6) is 0 Å². The number of hydrogen-bond donors (Lipinski definition) is 0. The summed E-state index contributed by atoms with van der Waals surface area (Å²) >= 11 is 1.68. The van der Waals surface area contributed by atoms with Gasteiger partial charge >= 0.3 is 0 Å². The number of furan rings is 1. The van der Waals surface area contributed by atoms with Gasteiger partial charge in [0, 0.05) is 17.5 Å². The summed E-state index contributed by atoms with van der Waals surface area (Å²) in [5, 5.41) is 3.32. The molecule has 5 rings (SSSR count). The highest BCUT2D eigenvalue weighted by molar-refractivity contribution is 7.17. The first kappa shape index (κ1) is 19.2. The van der Waals surface area contributed by atoms with Crippen LogP contribution in [-0.4, -0.2) is 48.7 Å². The highest BCUT2D eigenvalue weighted by Crippen LogP contribution is 2.39. The van der Waals surface area contributed by atoms with Crippen LogP contribution in [0.15, 0.2) is 58.5 Å². The van der Waals surface area contributed by atoms with Crippen molar-refractivity contribution in [2.45, 2.75) is 12.6 Å². The predicted octanol–water partition coefficient (Wildman–Crippen LogP) is 4.59. The standard InChI is InChI=1S/C23H24N4O2S/c1-26(2)14-20-24-22(27-10-12-29-19(13-27)18-9-6-11-28-18)21-17(15-30-23(21)25-20)16-7-4-3-5-8-16/h3-9,11,15,19H,10,12-14H2,1-2H3. The summed E-state index contributed by atoms with van der Waals surface area (Å²) in [5.41, 5.74) is 2.37. The molecule has 30 heavy (non-hydrogen) atoms. The van der Waals surface area contributed by atoms with Crippen LogP contribution in [0.25, 0.3) is 21.3 Å². The zero-order chi connectivity index (χ0) is 20.5. The molecule has 1 unspecified atom stereocenters. The van der Waals surface area contributed by atoms with Crippen molar-refractivity contribution in [1.29, 1.82) is 0 Å². The van der Waals surface area contributed by atoms with E-state index in [9.17, 15) is 0 Å². The van der Waals surface area contributed by atoms with Crippen LogP contribution >= 0.6 is 11.3 Å². The van der Waals surface area contributed by atoms with Crippen molar-refractivity contribution < 1.29 is 9.15 Å². The minimum atomic E-state index is -0.102. The van der Waals surface area contributed by atoms with Gasteiger partial charge in [-0.1, -0.05) is 30.3 Å². The number of benzene rings is 1. The SMILES string of the molecule is CN(C)Cc1nc(N2CCOC(c3ccco3)C2)c2c(-c3ccccc3)csc2n1. The van der Waals surface area contributed by atoms with Gasteiger partial charge in [0.2, 0.25) is 0 Å². The predicted molar refractivity (Wildman–Crippen MR) is 120 cm³/mol. The van der Waals surface area contributed by atoms with Crippen LogP contribution in [0, 0.1) is 0 Å². The summed E-state index contributed by atoms with van der Waals surface area (Å²) < 4.78 is 11.6. The second-order valence-electron chi connectivity index (χ2n) is 7.72. The average molecular weight is 421 g/mol. The van der Waals surface area contributed by atoms with Crippen LogP contribution in [0.1, 0.15) is 17.7 Å². The Labute approximate surface area is 179 Å². The Bertz CT molecular complexity index is 1130. The number of anilines is 1. The molecule has 1 atom stereocenters. The largest absolute Gasteiger partial charge is 0.467 e. The van der Waals surface area contributed by atoms with E-state index in [1.807, 2.05) is 32.3 Å². The maximum absolute atomic E-state index is 5.99. The van der Waals surface area contributed by atoms with E-state index in [2.05, 4.69) is 39.4 Å². The number of thiophene rings is 1. The van der Waals surface area contributed by atoms with Gasteiger partial charge in [0.05, 0.1) is 31.3 Å². The molecule has 1 aromatic carbocycles. The Morgan fingerprint density at radius 1 is 1.13 bits per heavy atom. The molecule has 0 N–H and O–H groups in total. The summed E-state index contributed by atoms with van der Waals surface area (Å²) in [6.07, 6.45) is 1.59. The molecule has 3 aromatic heterocycles. The number of nitrogens with zero attached hydrogens (tertiary/aromatic N) is 4. The lowest BCUT2D eigenvalue weighted by atomic mass is 10.1. The third-order valence-corrected chi connectivity index (χ3v) is 6.10. The Hall–Kier alpha value is -2.74. The van der Waals surface area contributed by atoms with Gasteiger partial charge in [0.1, 0.15) is 28.3 Å². The van der Waals surface area contributed by atoms with Crippen LogP contribution in [-0.2, 0) is 11.3 Å². The molecule has 0 saturated carbocycles. The third kappa shape index (κ3) is 3.71. The summed E-state index contributed by atoms with van der Waals surface area (Å²) in [5.74, 6) is 2.67. The summed E-state index contributed by atoms with van der Waals surface area (Å²) in [4.78, 5) is 15.3. The van der Waals surface area contributed by atoms with Crippen LogP contribution in [0.2, 0.25) is 0 Å². The van der Waals surface area contributed by atoms with Crippen LogP contribution < -0.4 is 4.90 Å². The fraction of sp³-hybridized carbons (Fsp3) is 0.304. The Morgan fingerprint density at radius 3 is 2.77 bits per heavy atom. The molecule has 7 heteroatoms. The first-order valence-electron chi connectivity index (χ1n) is 10.1. The van der Waals surface area contributed by atoms with E-state index in [0.717, 1.165) is 34.2 Å². The number of morpholine rings is 1. The molecule has 1 aliphatic rings. The van der Waals surface area contributed by atoms with Crippen molar-refractivity contribution in [3.63, 3.8) is 0 Å². The molecule has 0 spiro atoms. The van der Waals surface area contributed by atoms with Gasteiger partial charge in [0.15, 0.2) is 0 Å². The second-order valence-corrected chi connectivity index (χ2v) is 8.58. The van der Waals surface area contributed by atoms with E-state index >= 15 is 0 Å². The lowest BCUT2D eigenvalue weighted by molar-refractivity contribution is 0.0256. The highest BCUT2D eigenvalue weighted by atomic mass is 32.1. The van der Waals surface area contributed by atoms with Gasteiger partial charge < -0.3 is 19.0 Å². The molecule has 0 amide bonds. The Balaban J connectivity index is 1.61. The van der Waals surface area contributed by atoms with Crippen molar-refractivity contribution in [2.24, 2.45) is 0 Å². The zero-order valence-electron chi connectivity index (χ0n) is 17.1. The van der Waals surface area contributed by atoms with Gasteiger partial charge in [-0.3, -0.25) is 0 Å².